The van der Waals surface area contributed by atoms with Crippen LogP contribution < -0.4 is 0 Å². The molecule has 0 aliphatic carbocycles. The molecule has 1 rings (SSSR count). The van der Waals surface area contributed by atoms with Crippen LogP contribution in [0.2, 0.25) is 0 Å². The summed E-state index contributed by atoms with van der Waals surface area (Å²) in [6.45, 7) is 2.00. The van der Waals surface area contributed by atoms with Gasteiger partial charge < -0.3 is 10.2 Å². The zero-order valence-corrected chi connectivity index (χ0v) is 10.9. The molecular formula is C13H16O4S. The number of hydrogen-bond donors (Lipinski definition) is 2. The Morgan fingerprint density at radius 1 is 1.22 bits per heavy atom. The molecule has 0 saturated carbocycles. The molecule has 0 spiro atoms. The largest absolute Gasteiger partial charge is 0.481 e. The second-order valence-electron chi connectivity index (χ2n) is 4.13. The first-order chi connectivity index (χ1) is 8.49. The van der Waals surface area contributed by atoms with Gasteiger partial charge in [-0.15, -0.1) is 0 Å². The molecule has 5 heteroatoms. The molecule has 0 fully saturated rings. The molecule has 1 aromatic rings. The fourth-order valence-corrected chi connectivity index (χ4v) is 2.52. The second kappa shape index (κ2) is 7.06. The summed E-state index contributed by atoms with van der Waals surface area (Å²) in [5.41, 5.74) is 2.29. The van der Waals surface area contributed by atoms with E-state index in [1.165, 1.54) is 17.3 Å². The van der Waals surface area contributed by atoms with Gasteiger partial charge in [-0.1, -0.05) is 29.8 Å². The van der Waals surface area contributed by atoms with Crippen LogP contribution in [-0.2, 0) is 15.3 Å². The maximum absolute atomic E-state index is 10.8. The predicted molar refractivity (Wildman–Crippen MR) is 70.7 cm³/mol. The Morgan fingerprint density at radius 3 is 2.33 bits per heavy atom. The molecule has 1 unspecified atom stereocenters. The van der Waals surface area contributed by atoms with E-state index in [2.05, 4.69) is 0 Å². The van der Waals surface area contributed by atoms with Gasteiger partial charge in [-0.25, -0.2) is 0 Å². The van der Waals surface area contributed by atoms with Crippen molar-refractivity contribution < 1.29 is 19.8 Å². The van der Waals surface area contributed by atoms with Crippen LogP contribution in [-0.4, -0.2) is 27.9 Å². The Labute approximate surface area is 110 Å². The molecule has 0 aliphatic rings. The van der Waals surface area contributed by atoms with Gasteiger partial charge in [-0.3, -0.25) is 9.59 Å². The zero-order chi connectivity index (χ0) is 13.5. The minimum atomic E-state index is -1.07. The van der Waals surface area contributed by atoms with Gasteiger partial charge in [0.1, 0.15) is 0 Å². The Morgan fingerprint density at radius 2 is 1.83 bits per heavy atom. The van der Waals surface area contributed by atoms with E-state index in [0.717, 1.165) is 5.56 Å². The van der Waals surface area contributed by atoms with E-state index >= 15 is 0 Å². The molecule has 1 aromatic carbocycles. The number of carboxylic acids is 2. The monoisotopic (exact) mass is 268 g/mol. The number of aliphatic carboxylic acids is 2. The summed E-state index contributed by atoms with van der Waals surface area (Å²) >= 11 is 1.45. The van der Waals surface area contributed by atoms with Crippen LogP contribution in [0.25, 0.3) is 0 Å². The average Bonchev–Trinajstić information content (AvgIpc) is 2.29. The third-order valence-electron chi connectivity index (χ3n) is 2.48. The lowest BCUT2D eigenvalue weighted by Gasteiger charge is -2.09. The van der Waals surface area contributed by atoms with Crippen LogP contribution in [0.5, 0.6) is 0 Å². The highest BCUT2D eigenvalue weighted by molar-refractivity contribution is 7.98. The number of rotatable bonds is 7. The van der Waals surface area contributed by atoms with Crippen LogP contribution >= 0.6 is 11.8 Å². The van der Waals surface area contributed by atoms with E-state index in [4.69, 9.17) is 10.2 Å². The quantitative estimate of drug-likeness (QED) is 0.794. The van der Waals surface area contributed by atoms with E-state index in [1.807, 2.05) is 31.2 Å². The molecule has 0 aliphatic heterocycles. The fourth-order valence-electron chi connectivity index (χ4n) is 1.43. The molecular weight excluding hydrogens is 252 g/mol. The Bertz CT molecular complexity index is 414. The fraction of sp³-hybridized carbons (Fsp3) is 0.385. The van der Waals surface area contributed by atoms with Crippen LogP contribution in [0.1, 0.15) is 17.5 Å². The summed E-state index contributed by atoms with van der Waals surface area (Å²) in [5.74, 6) is -1.93. The van der Waals surface area contributed by atoms with Gasteiger partial charge >= 0.3 is 11.9 Å². The smallest absolute Gasteiger partial charge is 0.307 e. The Kier molecular flexibility index (Phi) is 5.71. The van der Waals surface area contributed by atoms with E-state index in [1.54, 1.807) is 0 Å². The third kappa shape index (κ3) is 5.23. The zero-order valence-electron chi connectivity index (χ0n) is 10.1. The first-order valence-electron chi connectivity index (χ1n) is 5.57. The van der Waals surface area contributed by atoms with Gasteiger partial charge in [0.15, 0.2) is 0 Å². The standard InChI is InChI=1S/C13H16O4S/c1-9-2-4-10(5-3-9)7-18-8-11(13(16)17)6-12(14)15/h2-5,11H,6-8H2,1H3,(H,14,15)(H,16,17). The van der Waals surface area contributed by atoms with Crippen molar-refractivity contribution >= 4 is 23.7 Å². The molecule has 0 amide bonds. The average molecular weight is 268 g/mol. The van der Waals surface area contributed by atoms with Crippen molar-refractivity contribution in [3.8, 4) is 0 Å². The summed E-state index contributed by atoms with van der Waals surface area (Å²) in [7, 11) is 0. The number of carboxylic acid groups (broad SMARTS) is 2. The minimum Gasteiger partial charge on any atom is -0.481 e. The van der Waals surface area contributed by atoms with Crippen molar-refractivity contribution in [3.05, 3.63) is 35.4 Å². The summed E-state index contributed by atoms with van der Waals surface area (Å²) in [6.07, 6.45) is -0.323. The second-order valence-corrected chi connectivity index (χ2v) is 5.16. The molecule has 0 heterocycles. The summed E-state index contributed by atoms with van der Waals surface area (Å²) in [6, 6.07) is 7.99. The van der Waals surface area contributed by atoms with Crippen molar-refractivity contribution in [2.75, 3.05) is 5.75 Å². The van der Waals surface area contributed by atoms with E-state index in [0.29, 0.717) is 11.5 Å². The number of benzene rings is 1. The lowest BCUT2D eigenvalue weighted by Crippen LogP contribution is -2.20. The van der Waals surface area contributed by atoms with Gasteiger partial charge in [0.25, 0.3) is 0 Å². The van der Waals surface area contributed by atoms with Crippen LogP contribution in [0.4, 0.5) is 0 Å². The summed E-state index contributed by atoms with van der Waals surface area (Å²) < 4.78 is 0. The van der Waals surface area contributed by atoms with Crippen molar-refractivity contribution in [3.63, 3.8) is 0 Å². The van der Waals surface area contributed by atoms with Crippen LogP contribution in [0.3, 0.4) is 0 Å². The predicted octanol–water partition coefficient (Wildman–Crippen LogP) is 2.40. The lowest BCUT2D eigenvalue weighted by atomic mass is 10.1. The van der Waals surface area contributed by atoms with Gasteiger partial charge in [0, 0.05) is 11.5 Å². The maximum Gasteiger partial charge on any atom is 0.307 e. The van der Waals surface area contributed by atoms with E-state index < -0.39 is 17.9 Å². The van der Waals surface area contributed by atoms with Crippen LogP contribution in [0.15, 0.2) is 24.3 Å². The normalized spacial score (nSPS) is 12.1. The van der Waals surface area contributed by atoms with Crippen molar-refractivity contribution in [2.24, 2.45) is 5.92 Å². The molecule has 0 saturated heterocycles. The summed E-state index contributed by atoms with van der Waals surface area (Å²) in [5, 5.41) is 17.5. The highest BCUT2D eigenvalue weighted by atomic mass is 32.2. The van der Waals surface area contributed by atoms with Crippen LogP contribution in [0, 0.1) is 12.8 Å². The molecule has 2 N–H and O–H groups in total. The Hall–Kier alpha value is -1.49. The molecule has 0 aromatic heterocycles. The van der Waals surface area contributed by atoms with Gasteiger partial charge in [-0.05, 0) is 12.5 Å². The number of thioether (sulfide) groups is 1. The first kappa shape index (κ1) is 14.6. The number of carbonyl (C=O) groups is 2. The van der Waals surface area contributed by atoms with Crippen molar-refractivity contribution in [1.29, 1.82) is 0 Å². The van der Waals surface area contributed by atoms with Crippen molar-refractivity contribution in [2.45, 2.75) is 19.1 Å². The van der Waals surface area contributed by atoms with Gasteiger partial charge in [0.2, 0.25) is 0 Å². The van der Waals surface area contributed by atoms with Crippen molar-refractivity contribution in [1.82, 2.24) is 0 Å². The number of aryl methyl sites for hydroxylation is 1. The van der Waals surface area contributed by atoms with Gasteiger partial charge in [0.05, 0.1) is 12.3 Å². The highest BCUT2D eigenvalue weighted by Crippen LogP contribution is 2.18. The van der Waals surface area contributed by atoms with E-state index in [9.17, 15) is 9.59 Å². The molecule has 98 valence electrons. The third-order valence-corrected chi connectivity index (χ3v) is 3.65. The van der Waals surface area contributed by atoms with E-state index in [-0.39, 0.29) is 6.42 Å². The molecule has 0 bridgehead atoms. The van der Waals surface area contributed by atoms with Gasteiger partial charge in [-0.2, -0.15) is 11.8 Å². The maximum atomic E-state index is 10.8. The Balaban J connectivity index is 2.41. The molecule has 1 atom stereocenters. The lowest BCUT2D eigenvalue weighted by molar-refractivity contribution is -0.147. The molecule has 4 nitrogen and oxygen atoms in total. The SMILES string of the molecule is Cc1ccc(CSCC(CC(=O)O)C(=O)O)cc1. The molecule has 18 heavy (non-hydrogen) atoms. The first-order valence-corrected chi connectivity index (χ1v) is 6.72. The number of hydrogen-bond acceptors (Lipinski definition) is 3. The topological polar surface area (TPSA) is 74.6 Å². The molecule has 0 radical (unpaired) electrons. The minimum absolute atomic E-state index is 0.315. The summed E-state index contributed by atoms with van der Waals surface area (Å²) in [4.78, 5) is 21.4. The highest BCUT2D eigenvalue weighted by Gasteiger charge is 2.20.